The molecule has 2 fully saturated rings. The summed E-state index contributed by atoms with van der Waals surface area (Å²) in [5.41, 5.74) is -0.240. The Balaban J connectivity index is 1.73. The lowest BCUT2D eigenvalue weighted by molar-refractivity contribution is -0.138. The highest BCUT2D eigenvalue weighted by molar-refractivity contribution is 5.75. The predicted molar refractivity (Wildman–Crippen MR) is 68.9 cm³/mol. The molecule has 0 radical (unpaired) electrons. The Morgan fingerprint density at radius 3 is 2.95 bits per heavy atom. The van der Waals surface area contributed by atoms with Gasteiger partial charge in [-0.15, -0.1) is 0 Å². The summed E-state index contributed by atoms with van der Waals surface area (Å²) < 4.78 is 5.62. The first-order chi connectivity index (χ1) is 8.98. The van der Waals surface area contributed by atoms with Crippen LogP contribution in [0.5, 0.6) is 0 Å². The monoisotopic (exact) mass is 270 g/mol. The molecule has 2 saturated heterocycles. The van der Waals surface area contributed by atoms with Gasteiger partial charge in [-0.05, 0) is 32.1 Å². The number of carboxylic acid groups (broad SMARTS) is 1. The van der Waals surface area contributed by atoms with Gasteiger partial charge in [0.05, 0.1) is 5.60 Å². The third-order valence-electron chi connectivity index (χ3n) is 3.95. The van der Waals surface area contributed by atoms with Gasteiger partial charge < -0.3 is 20.1 Å². The van der Waals surface area contributed by atoms with Gasteiger partial charge in [-0.3, -0.25) is 4.79 Å². The number of hydrogen-bond acceptors (Lipinski definition) is 3. The number of aliphatic carboxylic acids is 1. The second-order valence-electron chi connectivity index (χ2n) is 5.76. The third kappa shape index (κ3) is 3.83. The first-order valence-electron chi connectivity index (χ1n) is 6.87. The van der Waals surface area contributed by atoms with Gasteiger partial charge in [0, 0.05) is 32.7 Å². The van der Waals surface area contributed by atoms with Crippen molar-refractivity contribution < 1.29 is 19.4 Å². The third-order valence-corrected chi connectivity index (χ3v) is 3.95. The molecule has 2 amide bonds. The van der Waals surface area contributed by atoms with Gasteiger partial charge in [0.2, 0.25) is 0 Å². The topological polar surface area (TPSA) is 78.9 Å². The Morgan fingerprint density at radius 1 is 1.53 bits per heavy atom. The van der Waals surface area contributed by atoms with Crippen LogP contribution in [-0.4, -0.2) is 53.8 Å². The first kappa shape index (κ1) is 14.1. The SMILES string of the molecule is CC1(CNC(=O)N2CCC(CC(=O)O)C2)CCCO1. The number of carbonyl (C=O) groups excluding carboxylic acids is 1. The minimum Gasteiger partial charge on any atom is -0.481 e. The van der Waals surface area contributed by atoms with E-state index in [1.165, 1.54) is 0 Å². The van der Waals surface area contributed by atoms with Crippen LogP contribution in [0.4, 0.5) is 4.79 Å². The summed E-state index contributed by atoms with van der Waals surface area (Å²) in [6.07, 6.45) is 2.92. The molecule has 2 N–H and O–H groups in total. The van der Waals surface area contributed by atoms with Crippen LogP contribution >= 0.6 is 0 Å². The molecular weight excluding hydrogens is 248 g/mol. The minimum absolute atomic E-state index is 0.0848. The van der Waals surface area contributed by atoms with Gasteiger partial charge in [0.25, 0.3) is 0 Å². The predicted octanol–water partition coefficient (Wildman–Crippen LogP) is 1.06. The standard InChI is InChI=1S/C13H22N2O4/c1-13(4-2-6-19-13)9-14-12(18)15-5-3-10(8-15)7-11(16)17/h10H,2-9H2,1H3,(H,14,18)(H,16,17). The second-order valence-corrected chi connectivity index (χ2v) is 5.76. The molecule has 6 nitrogen and oxygen atoms in total. The van der Waals surface area contributed by atoms with E-state index >= 15 is 0 Å². The number of carboxylic acids is 1. The van der Waals surface area contributed by atoms with Crippen LogP contribution in [-0.2, 0) is 9.53 Å². The van der Waals surface area contributed by atoms with Crippen molar-refractivity contribution in [2.24, 2.45) is 5.92 Å². The van der Waals surface area contributed by atoms with E-state index in [9.17, 15) is 9.59 Å². The summed E-state index contributed by atoms with van der Waals surface area (Å²) in [6.45, 7) is 4.47. The molecule has 2 aliphatic rings. The number of carbonyl (C=O) groups is 2. The van der Waals surface area contributed by atoms with Crippen LogP contribution in [0.25, 0.3) is 0 Å². The number of rotatable bonds is 4. The average Bonchev–Trinajstić information content (AvgIpc) is 2.95. The van der Waals surface area contributed by atoms with Gasteiger partial charge in [-0.2, -0.15) is 0 Å². The van der Waals surface area contributed by atoms with E-state index in [1.54, 1.807) is 4.90 Å². The number of likely N-dealkylation sites (tertiary alicyclic amines) is 1. The summed E-state index contributed by atoms with van der Waals surface area (Å²) >= 11 is 0. The summed E-state index contributed by atoms with van der Waals surface area (Å²) in [5.74, 6) is -0.708. The fourth-order valence-electron chi connectivity index (χ4n) is 2.78. The lowest BCUT2D eigenvalue weighted by Crippen LogP contribution is -2.45. The van der Waals surface area contributed by atoms with E-state index in [0.717, 1.165) is 25.9 Å². The maximum Gasteiger partial charge on any atom is 0.317 e. The van der Waals surface area contributed by atoms with Crippen LogP contribution in [0.2, 0.25) is 0 Å². The van der Waals surface area contributed by atoms with E-state index in [4.69, 9.17) is 9.84 Å². The molecule has 2 aliphatic heterocycles. The van der Waals surface area contributed by atoms with Gasteiger partial charge in [0.1, 0.15) is 0 Å². The smallest absolute Gasteiger partial charge is 0.317 e. The maximum atomic E-state index is 12.0. The molecule has 108 valence electrons. The zero-order chi connectivity index (χ0) is 13.9. The molecule has 2 rings (SSSR count). The largest absolute Gasteiger partial charge is 0.481 e. The van der Waals surface area contributed by atoms with Crippen molar-refractivity contribution in [1.82, 2.24) is 10.2 Å². The molecule has 0 saturated carbocycles. The van der Waals surface area contributed by atoms with Gasteiger partial charge in [-0.1, -0.05) is 0 Å². The van der Waals surface area contributed by atoms with Crippen molar-refractivity contribution >= 4 is 12.0 Å². The fraction of sp³-hybridized carbons (Fsp3) is 0.846. The van der Waals surface area contributed by atoms with Gasteiger partial charge in [0.15, 0.2) is 0 Å². The number of amides is 2. The molecule has 0 aromatic carbocycles. The zero-order valence-electron chi connectivity index (χ0n) is 11.4. The van der Waals surface area contributed by atoms with E-state index in [0.29, 0.717) is 19.6 Å². The van der Waals surface area contributed by atoms with Crippen LogP contribution in [0.15, 0.2) is 0 Å². The van der Waals surface area contributed by atoms with Crippen LogP contribution in [0, 0.1) is 5.92 Å². The number of urea groups is 1. The Kier molecular flexibility index (Phi) is 4.29. The minimum atomic E-state index is -0.792. The molecule has 0 bridgehead atoms. The number of nitrogens with zero attached hydrogens (tertiary/aromatic N) is 1. The highest BCUT2D eigenvalue weighted by Crippen LogP contribution is 2.24. The van der Waals surface area contributed by atoms with Crippen molar-refractivity contribution in [1.29, 1.82) is 0 Å². The summed E-state index contributed by atoms with van der Waals surface area (Å²) in [4.78, 5) is 24.3. The molecular formula is C13H22N2O4. The van der Waals surface area contributed by atoms with Crippen molar-refractivity contribution in [2.75, 3.05) is 26.2 Å². The first-order valence-corrected chi connectivity index (χ1v) is 6.87. The molecule has 0 aromatic rings. The highest BCUT2D eigenvalue weighted by Gasteiger charge is 2.32. The molecule has 2 atom stereocenters. The van der Waals surface area contributed by atoms with Crippen molar-refractivity contribution in [3.8, 4) is 0 Å². The number of ether oxygens (including phenoxy) is 1. The zero-order valence-corrected chi connectivity index (χ0v) is 11.4. The quantitative estimate of drug-likeness (QED) is 0.800. The molecule has 2 heterocycles. The maximum absolute atomic E-state index is 12.0. The van der Waals surface area contributed by atoms with Crippen molar-refractivity contribution in [2.45, 2.75) is 38.2 Å². The summed E-state index contributed by atoms with van der Waals surface area (Å²) in [7, 11) is 0. The van der Waals surface area contributed by atoms with Crippen LogP contribution < -0.4 is 5.32 Å². The number of nitrogens with one attached hydrogen (secondary N) is 1. The van der Waals surface area contributed by atoms with E-state index in [2.05, 4.69) is 5.32 Å². The second kappa shape index (κ2) is 5.77. The van der Waals surface area contributed by atoms with Gasteiger partial charge in [-0.25, -0.2) is 4.79 Å². The Morgan fingerprint density at radius 2 is 2.32 bits per heavy atom. The molecule has 2 unspecified atom stereocenters. The Bertz CT molecular complexity index is 353. The van der Waals surface area contributed by atoms with E-state index < -0.39 is 5.97 Å². The molecule has 0 aliphatic carbocycles. The van der Waals surface area contributed by atoms with Gasteiger partial charge >= 0.3 is 12.0 Å². The van der Waals surface area contributed by atoms with E-state index in [-0.39, 0.29) is 24.0 Å². The van der Waals surface area contributed by atoms with Crippen LogP contribution in [0.1, 0.15) is 32.6 Å². The van der Waals surface area contributed by atoms with Crippen molar-refractivity contribution in [3.63, 3.8) is 0 Å². The van der Waals surface area contributed by atoms with E-state index in [1.807, 2.05) is 6.92 Å². The lowest BCUT2D eigenvalue weighted by atomic mass is 10.0. The van der Waals surface area contributed by atoms with Crippen molar-refractivity contribution in [3.05, 3.63) is 0 Å². The molecule has 19 heavy (non-hydrogen) atoms. The normalized spacial score (nSPS) is 30.6. The average molecular weight is 270 g/mol. The molecule has 0 spiro atoms. The molecule has 6 heteroatoms. The Hall–Kier alpha value is -1.30. The van der Waals surface area contributed by atoms with Crippen LogP contribution in [0.3, 0.4) is 0 Å². The number of hydrogen-bond donors (Lipinski definition) is 2. The summed E-state index contributed by atoms with van der Waals surface area (Å²) in [5, 5.41) is 11.6. The molecule has 0 aromatic heterocycles. The fourth-order valence-corrected chi connectivity index (χ4v) is 2.78. The summed E-state index contributed by atoms with van der Waals surface area (Å²) in [6, 6.07) is -0.107. The highest BCUT2D eigenvalue weighted by atomic mass is 16.5. The Labute approximate surface area is 113 Å². The lowest BCUT2D eigenvalue weighted by Gasteiger charge is -2.25.